The van der Waals surface area contributed by atoms with E-state index in [1.54, 1.807) is 19.3 Å². The van der Waals surface area contributed by atoms with Gasteiger partial charge in [-0.25, -0.2) is 4.68 Å². The van der Waals surface area contributed by atoms with Gasteiger partial charge in [0.15, 0.2) is 0 Å². The predicted octanol–water partition coefficient (Wildman–Crippen LogP) is 2.93. The highest BCUT2D eigenvalue weighted by Crippen LogP contribution is 2.21. The molecule has 4 aromatic rings. The molecule has 0 spiro atoms. The lowest BCUT2D eigenvalue weighted by Crippen LogP contribution is -2.24. The number of ether oxygens (including phenoxy) is 1. The second-order valence-electron chi connectivity index (χ2n) is 6.10. The zero-order chi connectivity index (χ0) is 18.6. The standard InChI is InChI=1S/C19H18N6O2/c1-13(19(26)21-17-9-5-6-14-10-20-23-18(14)17)25-11-15(22-24-25)12-27-16-7-3-2-4-8-16/h2-11,13H,12H2,1H3,(H,20,23)(H,21,26)/t13-/m0/s1. The first-order valence-electron chi connectivity index (χ1n) is 8.52. The molecule has 8 nitrogen and oxygen atoms in total. The molecule has 2 aromatic carbocycles. The fourth-order valence-corrected chi connectivity index (χ4v) is 2.67. The Hall–Kier alpha value is -3.68. The molecular formula is C19H18N6O2. The van der Waals surface area contributed by atoms with Gasteiger partial charge in [0.2, 0.25) is 5.91 Å². The highest BCUT2D eigenvalue weighted by atomic mass is 16.5. The number of rotatable bonds is 6. The van der Waals surface area contributed by atoms with Crippen molar-refractivity contribution >= 4 is 22.5 Å². The van der Waals surface area contributed by atoms with Crippen molar-refractivity contribution in [2.75, 3.05) is 5.32 Å². The number of nitrogens with one attached hydrogen (secondary N) is 2. The van der Waals surface area contributed by atoms with Crippen LogP contribution in [0.2, 0.25) is 0 Å². The van der Waals surface area contributed by atoms with Crippen molar-refractivity contribution in [1.29, 1.82) is 0 Å². The van der Waals surface area contributed by atoms with Crippen LogP contribution in [0.1, 0.15) is 18.7 Å². The van der Waals surface area contributed by atoms with Crippen LogP contribution in [-0.2, 0) is 11.4 Å². The number of hydrogen-bond donors (Lipinski definition) is 2. The van der Waals surface area contributed by atoms with Gasteiger partial charge in [-0.1, -0.05) is 35.5 Å². The van der Waals surface area contributed by atoms with E-state index in [0.29, 0.717) is 11.4 Å². The molecule has 8 heteroatoms. The number of fused-ring (bicyclic) bond motifs is 1. The normalized spacial score (nSPS) is 12.0. The highest BCUT2D eigenvalue weighted by Gasteiger charge is 2.18. The third-order valence-corrected chi connectivity index (χ3v) is 4.20. The second kappa shape index (κ2) is 7.28. The molecule has 0 radical (unpaired) electrons. The van der Waals surface area contributed by atoms with Gasteiger partial charge in [0.25, 0.3) is 0 Å². The lowest BCUT2D eigenvalue weighted by molar-refractivity contribution is -0.119. The number of para-hydroxylation sites is 2. The summed E-state index contributed by atoms with van der Waals surface area (Å²) in [5.74, 6) is 0.558. The number of nitrogens with zero attached hydrogens (tertiary/aromatic N) is 4. The molecule has 0 saturated heterocycles. The SMILES string of the molecule is C[C@@H](C(=O)Nc1cccc2cn[nH]c12)n1cc(COc2ccccc2)nn1. The van der Waals surface area contributed by atoms with Gasteiger partial charge >= 0.3 is 0 Å². The number of H-pyrrole nitrogens is 1. The number of carbonyl (C=O) groups is 1. The molecule has 4 rings (SSSR count). The summed E-state index contributed by atoms with van der Waals surface area (Å²) >= 11 is 0. The fraction of sp³-hybridized carbons (Fsp3) is 0.158. The average molecular weight is 362 g/mol. The minimum absolute atomic E-state index is 0.197. The van der Waals surface area contributed by atoms with E-state index in [9.17, 15) is 4.79 Å². The maximum absolute atomic E-state index is 12.6. The molecule has 0 aliphatic rings. The summed E-state index contributed by atoms with van der Waals surface area (Å²) in [7, 11) is 0. The van der Waals surface area contributed by atoms with Gasteiger partial charge in [-0.15, -0.1) is 5.10 Å². The average Bonchev–Trinajstić information content (AvgIpc) is 3.36. The van der Waals surface area contributed by atoms with E-state index >= 15 is 0 Å². The summed E-state index contributed by atoms with van der Waals surface area (Å²) in [5.41, 5.74) is 2.11. The summed E-state index contributed by atoms with van der Waals surface area (Å²) in [6.45, 7) is 2.05. The van der Waals surface area contributed by atoms with Crippen LogP contribution in [-0.4, -0.2) is 31.1 Å². The van der Waals surface area contributed by atoms with E-state index in [1.165, 1.54) is 4.68 Å². The Morgan fingerprint density at radius 1 is 1.22 bits per heavy atom. The molecule has 0 aliphatic carbocycles. The van der Waals surface area contributed by atoms with E-state index < -0.39 is 6.04 Å². The molecule has 136 valence electrons. The van der Waals surface area contributed by atoms with Gasteiger partial charge in [0.05, 0.1) is 23.6 Å². The molecule has 2 heterocycles. The molecule has 0 saturated carbocycles. The van der Waals surface area contributed by atoms with Crippen LogP contribution in [0, 0.1) is 0 Å². The van der Waals surface area contributed by atoms with E-state index in [2.05, 4.69) is 25.8 Å². The van der Waals surface area contributed by atoms with Gasteiger partial charge in [0, 0.05) is 5.39 Å². The van der Waals surface area contributed by atoms with Crippen LogP contribution in [0.25, 0.3) is 10.9 Å². The van der Waals surface area contributed by atoms with Gasteiger partial charge in [-0.05, 0) is 25.1 Å². The Morgan fingerprint density at radius 2 is 2.07 bits per heavy atom. The second-order valence-corrected chi connectivity index (χ2v) is 6.10. The van der Waals surface area contributed by atoms with E-state index in [0.717, 1.165) is 16.7 Å². The molecule has 0 aliphatic heterocycles. The number of hydrogen-bond acceptors (Lipinski definition) is 5. The summed E-state index contributed by atoms with van der Waals surface area (Å²) in [6.07, 6.45) is 3.43. The van der Waals surface area contributed by atoms with Crippen LogP contribution in [0.3, 0.4) is 0 Å². The minimum Gasteiger partial charge on any atom is -0.487 e. The maximum Gasteiger partial charge on any atom is 0.249 e. The van der Waals surface area contributed by atoms with Crippen LogP contribution < -0.4 is 10.1 Å². The first kappa shape index (κ1) is 16.8. The third kappa shape index (κ3) is 3.64. The fourth-order valence-electron chi connectivity index (χ4n) is 2.67. The predicted molar refractivity (Wildman–Crippen MR) is 100 cm³/mol. The van der Waals surface area contributed by atoms with Crippen LogP contribution in [0.4, 0.5) is 5.69 Å². The van der Waals surface area contributed by atoms with Crippen LogP contribution >= 0.6 is 0 Å². The third-order valence-electron chi connectivity index (χ3n) is 4.20. The Labute approximate surface area is 155 Å². The Balaban J connectivity index is 1.42. The van der Waals surface area contributed by atoms with Crippen molar-refractivity contribution in [1.82, 2.24) is 25.2 Å². The van der Waals surface area contributed by atoms with E-state index in [-0.39, 0.29) is 12.5 Å². The molecule has 0 unspecified atom stereocenters. The van der Waals surface area contributed by atoms with Crippen molar-refractivity contribution < 1.29 is 9.53 Å². The smallest absolute Gasteiger partial charge is 0.249 e. The summed E-state index contributed by atoms with van der Waals surface area (Å²) < 4.78 is 7.17. The summed E-state index contributed by atoms with van der Waals surface area (Å²) in [4.78, 5) is 12.6. The van der Waals surface area contributed by atoms with Crippen molar-refractivity contribution in [3.63, 3.8) is 0 Å². The topological polar surface area (TPSA) is 97.7 Å². The molecule has 1 atom stereocenters. The van der Waals surface area contributed by atoms with Crippen LogP contribution in [0.15, 0.2) is 60.9 Å². The summed E-state index contributed by atoms with van der Waals surface area (Å²) in [5, 5.41) is 18.9. The largest absolute Gasteiger partial charge is 0.487 e. The Kier molecular flexibility index (Phi) is 4.52. The first-order chi connectivity index (χ1) is 13.2. The molecule has 2 N–H and O–H groups in total. The maximum atomic E-state index is 12.6. The number of aromatic nitrogens is 5. The van der Waals surface area contributed by atoms with Crippen molar-refractivity contribution in [3.8, 4) is 5.75 Å². The highest BCUT2D eigenvalue weighted by molar-refractivity contribution is 6.01. The lowest BCUT2D eigenvalue weighted by Gasteiger charge is -2.12. The zero-order valence-electron chi connectivity index (χ0n) is 14.7. The van der Waals surface area contributed by atoms with Crippen molar-refractivity contribution in [3.05, 3.63) is 66.6 Å². The molecule has 2 aromatic heterocycles. The molecule has 1 amide bonds. The zero-order valence-corrected chi connectivity index (χ0v) is 14.7. The number of anilines is 1. The van der Waals surface area contributed by atoms with Gasteiger partial charge in [0.1, 0.15) is 24.1 Å². The quantitative estimate of drug-likeness (QED) is 0.550. The van der Waals surface area contributed by atoms with Gasteiger partial charge in [-0.3, -0.25) is 9.89 Å². The molecule has 0 fully saturated rings. The molecule has 0 bridgehead atoms. The van der Waals surface area contributed by atoms with E-state index in [1.807, 2.05) is 48.5 Å². The first-order valence-corrected chi connectivity index (χ1v) is 8.52. The van der Waals surface area contributed by atoms with Gasteiger partial charge < -0.3 is 10.1 Å². The van der Waals surface area contributed by atoms with Crippen LogP contribution in [0.5, 0.6) is 5.75 Å². The van der Waals surface area contributed by atoms with Crippen molar-refractivity contribution in [2.45, 2.75) is 19.6 Å². The number of amides is 1. The molecule has 27 heavy (non-hydrogen) atoms. The monoisotopic (exact) mass is 362 g/mol. The van der Waals surface area contributed by atoms with Crippen molar-refractivity contribution in [2.24, 2.45) is 0 Å². The number of benzene rings is 2. The van der Waals surface area contributed by atoms with E-state index in [4.69, 9.17) is 4.74 Å². The summed E-state index contributed by atoms with van der Waals surface area (Å²) in [6, 6.07) is 14.6. The lowest BCUT2D eigenvalue weighted by atomic mass is 10.2. The Bertz CT molecular complexity index is 1060. The number of aromatic amines is 1. The molecular weight excluding hydrogens is 344 g/mol. The van der Waals surface area contributed by atoms with Gasteiger partial charge in [-0.2, -0.15) is 5.10 Å². The minimum atomic E-state index is -0.527. The number of carbonyl (C=O) groups excluding carboxylic acids is 1. The Morgan fingerprint density at radius 3 is 2.93 bits per heavy atom.